The highest BCUT2D eigenvalue weighted by Gasteiger charge is 2.27. The van der Waals surface area contributed by atoms with Crippen molar-refractivity contribution in [1.29, 1.82) is 0 Å². The number of ether oxygens (including phenoxy) is 2. The van der Waals surface area contributed by atoms with Crippen molar-refractivity contribution in [1.82, 2.24) is 4.98 Å². The Kier molecular flexibility index (Phi) is 3.16. The monoisotopic (exact) mass is 321 g/mol. The Hall–Kier alpha value is -3.08. The maximum absolute atomic E-state index is 12.7. The smallest absolute Gasteiger partial charge is 0.339 e. The summed E-state index contributed by atoms with van der Waals surface area (Å²) < 4.78 is 11.0. The van der Waals surface area contributed by atoms with E-state index in [1.807, 2.05) is 37.3 Å². The molecule has 4 rings (SSSR count). The van der Waals surface area contributed by atoms with E-state index in [0.717, 1.165) is 22.3 Å². The van der Waals surface area contributed by atoms with Gasteiger partial charge in [-0.3, -0.25) is 4.79 Å². The van der Waals surface area contributed by atoms with Crippen molar-refractivity contribution in [2.24, 2.45) is 0 Å². The van der Waals surface area contributed by atoms with Crippen LogP contribution in [0.3, 0.4) is 0 Å². The van der Waals surface area contributed by atoms with Crippen molar-refractivity contribution in [3.8, 4) is 16.9 Å². The molecule has 1 N–H and O–H groups in total. The molecule has 3 aromatic rings. The van der Waals surface area contributed by atoms with Crippen LogP contribution in [0.15, 0.2) is 41.2 Å². The molecule has 2 heterocycles. The first-order valence-corrected chi connectivity index (χ1v) is 7.60. The zero-order valence-corrected chi connectivity index (χ0v) is 13.3. The molecule has 0 aliphatic carbocycles. The number of H-pyrrole nitrogens is 1. The lowest BCUT2D eigenvalue weighted by atomic mass is 9.91. The Balaban J connectivity index is 2.18. The number of methoxy groups -OCH3 is 1. The molecule has 2 aromatic carbocycles. The van der Waals surface area contributed by atoms with E-state index in [1.54, 1.807) is 7.11 Å². The van der Waals surface area contributed by atoms with Crippen LogP contribution in [-0.2, 0) is 11.3 Å². The van der Waals surface area contributed by atoms with Crippen LogP contribution in [0, 0.1) is 6.92 Å². The summed E-state index contributed by atoms with van der Waals surface area (Å²) in [4.78, 5) is 27.2. The number of carbonyl (C=O) groups is 1. The van der Waals surface area contributed by atoms with Gasteiger partial charge in [0, 0.05) is 33.7 Å². The zero-order chi connectivity index (χ0) is 16.8. The molecule has 5 nitrogen and oxygen atoms in total. The van der Waals surface area contributed by atoms with Crippen molar-refractivity contribution in [2.45, 2.75) is 13.5 Å². The number of cyclic esters (lactones) is 1. The van der Waals surface area contributed by atoms with Gasteiger partial charge in [-0.15, -0.1) is 0 Å². The first-order chi connectivity index (χ1) is 11.6. The molecule has 0 atom stereocenters. The summed E-state index contributed by atoms with van der Waals surface area (Å²) in [5.74, 6) is 0.289. The van der Waals surface area contributed by atoms with Crippen molar-refractivity contribution in [3.05, 3.63) is 63.4 Å². The van der Waals surface area contributed by atoms with Crippen LogP contribution in [0.5, 0.6) is 5.75 Å². The van der Waals surface area contributed by atoms with Crippen LogP contribution in [-0.4, -0.2) is 18.1 Å². The van der Waals surface area contributed by atoms with E-state index in [4.69, 9.17) is 9.47 Å². The first-order valence-electron chi connectivity index (χ1n) is 7.60. The lowest BCUT2D eigenvalue weighted by molar-refractivity contribution is 0.0481. The fourth-order valence-electron chi connectivity index (χ4n) is 3.36. The van der Waals surface area contributed by atoms with Gasteiger partial charge in [-0.1, -0.05) is 18.2 Å². The molecule has 0 amide bonds. The minimum Gasteiger partial charge on any atom is -0.496 e. The molecule has 1 aromatic heterocycles. The second kappa shape index (κ2) is 5.23. The van der Waals surface area contributed by atoms with Crippen LogP contribution >= 0.6 is 0 Å². The number of aromatic amines is 1. The summed E-state index contributed by atoms with van der Waals surface area (Å²) in [7, 11) is 1.60. The van der Waals surface area contributed by atoms with Crippen LogP contribution in [0.2, 0.25) is 0 Å². The second-order valence-electron chi connectivity index (χ2n) is 5.80. The molecule has 0 radical (unpaired) electrons. The maximum atomic E-state index is 12.7. The van der Waals surface area contributed by atoms with Gasteiger partial charge in [-0.05, 0) is 24.6 Å². The number of hydrogen-bond donors (Lipinski definition) is 1. The summed E-state index contributed by atoms with van der Waals surface area (Å²) in [6.07, 6.45) is 0. The average molecular weight is 321 g/mol. The van der Waals surface area contributed by atoms with Gasteiger partial charge >= 0.3 is 5.97 Å². The molecule has 0 saturated heterocycles. The number of benzene rings is 2. The number of pyridine rings is 1. The predicted octanol–water partition coefficient (Wildman–Crippen LogP) is 3.18. The zero-order valence-electron chi connectivity index (χ0n) is 13.3. The molecular formula is C19H15NO4. The van der Waals surface area contributed by atoms with E-state index in [2.05, 4.69) is 4.98 Å². The van der Waals surface area contributed by atoms with Crippen LogP contribution < -0.4 is 10.3 Å². The number of esters is 1. The highest BCUT2D eigenvalue weighted by molar-refractivity contribution is 6.11. The molecule has 0 unspecified atom stereocenters. The average Bonchev–Trinajstić information content (AvgIpc) is 2.71. The SMILES string of the molecule is COc1cccc2c1-c1ccc3[nH]c(=O)cc(C)c3c1C(=O)OC2. The Morgan fingerprint density at radius 1 is 1.12 bits per heavy atom. The number of aromatic nitrogens is 1. The molecule has 24 heavy (non-hydrogen) atoms. The summed E-state index contributed by atoms with van der Waals surface area (Å²) in [5, 5.41) is 0.704. The van der Waals surface area contributed by atoms with Gasteiger partial charge in [-0.2, -0.15) is 0 Å². The third-order valence-electron chi connectivity index (χ3n) is 4.37. The van der Waals surface area contributed by atoms with Gasteiger partial charge in [0.05, 0.1) is 12.7 Å². The maximum Gasteiger partial charge on any atom is 0.339 e. The van der Waals surface area contributed by atoms with Crippen molar-refractivity contribution < 1.29 is 14.3 Å². The summed E-state index contributed by atoms with van der Waals surface area (Å²) in [6.45, 7) is 2.00. The number of nitrogens with one attached hydrogen (secondary N) is 1. The highest BCUT2D eigenvalue weighted by atomic mass is 16.5. The molecule has 1 aliphatic heterocycles. The van der Waals surface area contributed by atoms with Gasteiger partial charge in [0.2, 0.25) is 5.56 Å². The van der Waals surface area contributed by atoms with Gasteiger partial charge in [-0.25, -0.2) is 4.79 Å². The van der Waals surface area contributed by atoms with E-state index in [0.29, 0.717) is 22.2 Å². The predicted molar refractivity (Wildman–Crippen MR) is 90.4 cm³/mol. The largest absolute Gasteiger partial charge is 0.496 e. The first kappa shape index (κ1) is 14.5. The molecule has 0 bridgehead atoms. The molecule has 0 saturated carbocycles. The number of aryl methyl sites for hydroxylation is 1. The van der Waals surface area contributed by atoms with Gasteiger partial charge < -0.3 is 14.5 Å². The van der Waals surface area contributed by atoms with Crippen molar-refractivity contribution >= 4 is 16.9 Å². The number of hydrogen-bond acceptors (Lipinski definition) is 4. The van der Waals surface area contributed by atoms with Crippen molar-refractivity contribution in [3.63, 3.8) is 0 Å². The fourth-order valence-corrected chi connectivity index (χ4v) is 3.36. The summed E-state index contributed by atoms with van der Waals surface area (Å²) in [6, 6.07) is 10.8. The molecule has 5 heteroatoms. The normalized spacial score (nSPS) is 13.0. The van der Waals surface area contributed by atoms with Gasteiger partial charge in [0.25, 0.3) is 0 Å². The van der Waals surface area contributed by atoms with E-state index in [9.17, 15) is 9.59 Å². The van der Waals surface area contributed by atoms with Crippen LogP contribution in [0.25, 0.3) is 22.0 Å². The minimum absolute atomic E-state index is 0.184. The van der Waals surface area contributed by atoms with Gasteiger partial charge in [0.15, 0.2) is 0 Å². The molecule has 1 aliphatic rings. The van der Waals surface area contributed by atoms with E-state index in [-0.39, 0.29) is 12.2 Å². The molecule has 0 spiro atoms. The minimum atomic E-state index is -0.399. The standard InChI is InChI=1S/C19H15NO4/c1-10-8-15(21)20-13-7-6-12-17-11(4-3-5-14(17)23-2)9-24-19(22)18(12)16(10)13/h3-8H,9H2,1-2H3,(H,20,21). The third-order valence-corrected chi connectivity index (χ3v) is 4.37. The fraction of sp³-hybridized carbons (Fsp3) is 0.158. The Morgan fingerprint density at radius 2 is 1.96 bits per heavy atom. The highest BCUT2D eigenvalue weighted by Crippen LogP contribution is 2.41. The number of rotatable bonds is 1. The Labute approximate surface area is 137 Å². The Bertz CT molecular complexity index is 1050. The molecule has 120 valence electrons. The quantitative estimate of drug-likeness (QED) is 0.699. The summed E-state index contributed by atoms with van der Waals surface area (Å²) >= 11 is 0. The van der Waals surface area contributed by atoms with Crippen LogP contribution in [0.1, 0.15) is 21.5 Å². The lowest BCUT2D eigenvalue weighted by Crippen LogP contribution is -2.10. The molecular weight excluding hydrogens is 306 g/mol. The number of carbonyl (C=O) groups excluding carboxylic acids is 1. The van der Waals surface area contributed by atoms with Crippen LogP contribution in [0.4, 0.5) is 0 Å². The lowest BCUT2D eigenvalue weighted by Gasteiger charge is -2.14. The van der Waals surface area contributed by atoms with E-state index in [1.165, 1.54) is 6.07 Å². The van der Waals surface area contributed by atoms with E-state index < -0.39 is 5.97 Å². The summed E-state index contributed by atoms with van der Waals surface area (Å²) in [5.41, 5.74) is 4.13. The Morgan fingerprint density at radius 3 is 2.75 bits per heavy atom. The second-order valence-corrected chi connectivity index (χ2v) is 5.80. The third kappa shape index (κ3) is 2.01. The van der Waals surface area contributed by atoms with Gasteiger partial charge in [0.1, 0.15) is 12.4 Å². The topological polar surface area (TPSA) is 68.4 Å². The van der Waals surface area contributed by atoms with E-state index >= 15 is 0 Å². The number of fused-ring (bicyclic) bond motifs is 5. The molecule has 0 fully saturated rings. The van der Waals surface area contributed by atoms with Crippen molar-refractivity contribution in [2.75, 3.05) is 7.11 Å².